The summed E-state index contributed by atoms with van der Waals surface area (Å²) in [7, 11) is 0. The van der Waals surface area contributed by atoms with Gasteiger partial charge in [-0.15, -0.1) is 12.4 Å². The van der Waals surface area contributed by atoms with Gasteiger partial charge in [-0.05, 0) is 13.3 Å². The fraction of sp³-hybridized carbons (Fsp3) is 0.571. The van der Waals surface area contributed by atoms with Crippen LogP contribution >= 0.6 is 12.4 Å². The molecule has 0 aliphatic carbocycles. The van der Waals surface area contributed by atoms with Gasteiger partial charge in [-0.1, -0.05) is 0 Å². The molecule has 0 amide bonds. The van der Waals surface area contributed by atoms with E-state index >= 15 is 0 Å². The maximum atomic E-state index is 8.52. The van der Waals surface area contributed by atoms with Gasteiger partial charge in [0.2, 0.25) is 0 Å². The monoisotopic (exact) mass is 176 g/mol. The van der Waals surface area contributed by atoms with Crippen LogP contribution in [-0.4, -0.2) is 21.3 Å². The molecule has 0 fully saturated rings. The minimum Gasteiger partial charge on any atom is -0.396 e. The molecule has 0 aliphatic heterocycles. The summed E-state index contributed by atoms with van der Waals surface area (Å²) in [5.74, 6) is 1.01. The molecule has 1 rings (SSSR count). The minimum atomic E-state index is 0. The number of hydrogen-bond acceptors (Lipinski definition) is 2. The van der Waals surface area contributed by atoms with Gasteiger partial charge in [-0.3, -0.25) is 0 Å². The molecule has 11 heavy (non-hydrogen) atoms. The fourth-order valence-corrected chi connectivity index (χ4v) is 0.881. The highest BCUT2D eigenvalue weighted by atomic mass is 35.5. The Morgan fingerprint density at radius 3 is 2.82 bits per heavy atom. The average molecular weight is 177 g/mol. The lowest BCUT2D eigenvalue weighted by Gasteiger charge is -2.00. The second-order valence-electron chi connectivity index (χ2n) is 2.25. The van der Waals surface area contributed by atoms with E-state index in [1.54, 1.807) is 6.20 Å². The highest BCUT2D eigenvalue weighted by molar-refractivity contribution is 5.85. The van der Waals surface area contributed by atoms with Crippen LogP contribution in [0, 0.1) is 6.92 Å². The zero-order valence-corrected chi connectivity index (χ0v) is 7.34. The van der Waals surface area contributed by atoms with Gasteiger partial charge >= 0.3 is 0 Å². The fourth-order valence-electron chi connectivity index (χ4n) is 0.881. The number of rotatable bonds is 3. The quantitative estimate of drug-likeness (QED) is 0.746. The Bertz CT molecular complexity index is 200. The van der Waals surface area contributed by atoms with Gasteiger partial charge in [0.25, 0.3) is 0 Å². The number of halogens is 1. The lowest BCUT2D eigenvalue weighted by atomic mass is 10.4. The Kier molecular flexibility index (Phi) is 4.90. The van der Waals surface area contributed by atoms with Crippen molar-refractivity contribution in [3.05, 3.63) is 18.2 Å². The lowest BCUT2D eigenvalue weighted by Crippen LogP contribution is -2.00. The molecule has 4 heteroatoms. The van der Waals surface area contributed by atoms with Gasteiger partial charge < -0.3 is 9.67 Å². The van der Waals surface area contributed by atoms with E-state index in [1.165, 1.54) is 0 Å². The SMILES string of the molecule is Cc1nccn1CCCO.Cl. The Labute approximate surface area is 72.5 Å². The maximum Gasteiger partial charge on any atom is 0.105 e. The van der Waals surface area contributed by atoms with E-state index in [1.807, 2.05) is 17.7 Å². The van der Waals surface area contributed by atoms with Crippen LogP contribution < -0.4 is 0 Å². The van der Waals surface area contributed by atoms with Gasteiger partial charge in [0.1, 0.15) is 5.82 Å². The van der Waals surface area contributed by atoms with Crippen LogP contribution in [0.2, 0.25) is 0 Å². The van der Waals surface area contributed by atoms with Crippen LogP contribution in [-0.2, 0) is 6.54 Å². The Hall–Kier alpha value is -0.540. The number of aryl methyl sites for hydroxylation is 2. The van der Waals surface area contributed by atoms with Gasteiger partial charge in [0, 0.05) is 25.5 Å². The first-order valence-corrected chi connectivity index (χ1v) is 3.43. The average Bonchev–Trinajstić information content (AvgIpc) is 2.31. The molecule has 0 spiro atoms. The van der Waals surface area contributed by atoms with Crippen molar-refractivity contribution in [3.63, 3.8) is 0 Å². The summed E-state index contributed by atoms with van der Waals surface area (Å²) >= 11 is 0. The van der Waals surface area contributed by atoms with Crippen LogP contribution in [0.5, 0.6) is 0 Å². The highest BCUT2D eigenvalue weighted by Crippen LogP contribution is 1.95. The van der Waals surface area contributed by atoms with Crippen LogP contribution in [0.3, 0.4) is 0 Å². The van der Waals surface area contributed by atoms with Gasteiger partial charge in [0.05, 0.1) is 0 Å². The van der Waals surface area contributed by atoms with Crippen molar-refractivity contribution in [1.29, 1.82) is 0 Å². The Morgan fingerprint density at radius 2 is 2.36 bits per heavy atom. The van der Waals surface area contributed by atoms with Crippen LogP contribution in [0.25, 0.3) is 0 Å². The second kappa shape index (κ2) is 5.16. The number of aromatic nitrogens is 2. The summed E-state index contributed by atoms with van der Waals surface area (Å²) in [5.41, 5.74) is 0. The van der Waals surface area contributed by atoms with E-state index in [4.69, 9.17) is 5.11 Å². The third-order valence-corrected chi connectivity index (χ3v) is 1.48. The molecule has 3 nitrogen and oxygen atoms in total. The van der Waals surface area contributed by atoms with Crippen LogP contribution in [0.4, 0.5) is 0 Å². The van der Waals surface area contributed by atoms with E-state index in [0.29, 0.717) is 0 Å². The summed E-state index contributed by atoms with van der Waals surface area (Å²) in [5, 5.41) is 8.52. The molecule has 0 saturated carbocycles. The molecule has 1 aromatic heterocycles. The molecule has 1 aromatic rings. The molecule has 64 valence electrons. The van der Waals surface area contributed by atoms with E-state index < -0.39 is 0 Å². The lowest BCUT2D eigenvalue weighted by molar-refractivity contribution is 0.279. The van der Waals surface area contributed by atoms with Crippen molar-refractivity contribution in [1.82, 2.24) is 9.55 Å². The van der Waals surface area contributed by atoms with Crippen molar-refractivity contribution in [2.45, 2.75) is 19.9 Å². The van der Waals surface area contributed by atoms with Crippen LogP contribution in [0.15, 0.2) is 12.4 Å². The molecule has 0 aromatic carbocycles. The molecule has 0 unspecified atom stereocenters. The maximum absolute atomic E-state index is 8.52. The predicted octanol–water partition coefficient (Wildman–Crippen LogP) is 0.996. The second-order valence-corrected chi connectivity index (χ2v) is 2.25. The standard InChI is InChI=1S/C7H12N2O.ClH/c1-7-8-3-5-9(7)4-2-6-10;/h3,5,10H,2,4,6H2,1H3;1H. The van der Waals surface area contributed by atoms with E-state index in [9.17, 15) is 0 Å². The number of nitrogens with zero attached hydrogens (tertiary/aromatic N) is 2. The predicted molar refractivity (Wildman–Crippen MR) is 45.9 cm³/mol. The van der Waals surface area contributed by atoms with Gasteiger partial charge in [-0.25, -0.2) is 4.98 Å². The van der Waals surface area contributed by atoms with Crippen molar-refractivity contribution >= 4 is 12.4 Å². The molecule has 0 radical (unpaired) electrons. The summed E-state index contributed by atoms with van der Waals surface area (Å²) < 4.78 is 2.02. The van der Waals surface area contributed by atoms with E-state index in [-0.39, 0.29) is 19.0 Å². The van der Waals surface area contributed by atoms with E-state index in [2.05, 4.69) is 4.98 Å². The summed E-state index contributed by atoms with van der Waals surface area (Å²) in [6.07, 6.45) is 4.49. The molecular weight excluding hydrogens is 164 g/mol. The minimum absolute atomic E-state index is 0. The van der Waals surface area contributed by atoms with Gasteiger partial charge in [0.15, 0.2) is 0 Å². The molecule has 0 atom stereocenters. The first-order valence-electron chi connectivity index (χ1n) is 3.43. The molecule has 0 saturated heterocycles. The smallest absolute Gasteiger partial charge is 0.105 e. The molecule has 1 heterocycles. The summed E-state index contributed by atoms with van der Waals surface area (Å²) in [6.45, 7) is 3.07. The topological polar surface area (TPSA) is 38.0 Å². The van der Waals surface area contributed by atoms with Crippen molar-refractivity contribution in [3.8, 4) is 0 Å². The number of aliphatic hydroxyl groups is 1. The number of hydrogen-bond donors (Lipinski definition) is 1. The number of aliphatic hydroxyl groups excluding tert-OH is 1. The zero-order valence-electron chi connectivity index (χ0n) is 6.53. The zero-order chi connectivity index (χ0) is 7.40. The summed E-state index contributed by atoms with van der Waals surface area (Å²) in [4.78, 5) is 4.05. The molecule has 1 N–H and O–H groups in total. The van der Waals surface area contributed by atoms with E-state index in [0.717, 1.165) is 18.8 Å². The molecule has 0 bridgehead atoms. The highest BCUT2D eigenvalue weighted by Gasteiger charge is 1.93. The third kappa shape index (κ3) is 2.91. The van der Waals surface area contributed by atoms with Crippen molar-refractivity contribution in [2.75, 3.05) is 6.61 Å². The van der Waals surface area contributed by atoms with Crippen molar-refractivity contribution < 1.29 is 5.11 Å². The molecule has 0 aliphatic rings. The summed E-state index contributed by atoms with van der Waals surface area (Å²) in [6, 6.07) is 0. The first kappa shape index (κ1) is 10.5. The Balaban J connectivity index is 0.000001000. The van der Waals surface area contributed by atoms with Crippen LogP contribution in [0.1, 0.15) is 12.2 Å². The Morgan fingerprint density at radius 1 is 1.64 bits per heavy atom. The van der Waals surface area contributed by atoms with Crippen molar-refractivity contribution in [2.24, 2.45) is 0 Å². The van der Waals surface area contributed by atoms with Gasteiger partial charge in [-0.2, -0.15) is 0 Å². The third-order valence-electron chi connectivity index (χ3n) is 1.48. The first-order chi connectivity index (χ1) is 4.84. The normalized spacial score (nSPS) is 9.27. The molecular formula is C7H13ClN2O. The largest absolute Gasteiger partial charge is 0.396 e. The number of imidazole rings is 1.